The Balaban J connectivity index is 2.39. The maximum atomic E-state index is 14.1. The average molecular weight is 519 g/mol. The molecule has 9 nitrogen and oxygen atoms in total. The van der Waals surface area contributed by atoms with Crippen LogP contribution in [-0.2, 0) is 22.8 Å². The zero-order chi connectivity index (χ0) is 27.1. The minimum Gasteiger partial charge on any atom is -0.404 e. The van der Waals surface area contributed by atoms with Crippen LogP contribution in [0.25, 0.3) is 10.9 Å². The highest BCUT2D eigenvalue weighted by molar-refractivity contribution is 6.74. The van der Waals surface area contributed by atoms with E-state index in [4.69, 9.17) is 4.43 Å². The van der Waals surface area contributed by atoms with Crippen molar-refractivity contribution in [2.45, 2.75) is 77.6 Å². The van der Waals surface area contributed by atoms with Crippen LogP contribution in [0.1, 0.15) is 34.6 Å². The first-order valence-corrected chi connectivity index (χ1v) is 14.0. The fourth-order valence-corrected chi connectivity index (χ4v) is 4.55. The molecular weight excluding hydrogens is 485 g/mol. The number of aromatic amines is 1. The van der Waals surface area contributed by atoms with Crippen molar-refractivity contribution >= 4 is 25.1 Å². The van der Waals surface area contributed by atoms with Gasteiger partial charge in [0, 0.05) is 13.2 Å². The number of amides is 1. The normalized spacial score (nSPS) is 14.9. The SMILES string of the molecule is CC(C)C(NC(=O)Cn1ccc2c(=O)n(C)c(=O)[nH]c2c1=O)C(O[Si](C)(C)C(C)(C)C)C(F)(F)F. The van der Waals surface area contributed by atoms with Gasteiger partial charge in [0.2, 0.25) is 5.91 Å². The predicted octanol–water partition coefficient (Wildman–Crippen LogP) is 2.48. The van der Waals surface area contributed by atoms with Crippen LogP contribution in [0.2, 0.25) is 18.1 Å². The fourth-order valence-electron chi connectivity index (χ4n) is 3.28. The molecule has 2 heterocycles. The van der Waals surface area contributed by atoms with Crippen LogP contribution in [-0.4, -0.2) is 46.7 Å². The molecule has 1 amide bonds. The zero-order valence-corrected chi connectivity index (χ0v) is 22.2. The van der Waals surface area contributed by atoms with Gasteiger partial charge in [-0.15, -0.1) is 0 Å². The number of hydrogen-bond acceptors (Lipinski definition) is 5. The van der Waals surface area contributed by atoms with E-state index in [0.29, 0.717) is 0 Å². The van der Waals surface area contributed by atoms with Crippen LogP contribution in [0.15, 0.2) is 26.6 Å². The van der Waals surface area contributed by atoms with Gasteiger partial charge in [-0.2, -0.15) is 13.2 Å². The lowest BCUT2D eigenvalue weighted by Gasteiger charge is -2.42. The topological polar surface area (TPSA) is 115 Å². The third-order valence-electron chi connectivity index (χ3n) is 6.47. The summed E-state index contributed by atoms with van der Waals surface area (Å²) in [6.07, 6.45) is -5.79. The largest absolute Gasteiger partial charge is 0.415 e. The molecule has 0 spiro atoms. The number of nitrogens with zero attached hydrogens (tertiary/aromatic N) is 2. The predicted molar refractivity (Wildman–Crippen MR) is 129 cm³/mol. The lowest BCUT2D eigenvalue weighted by molar-refractivity contribution is -0.210. The molecule has 0 aliphatic carbocycles. The van der Waals surface area contributed by atoms with Crippen molar-refractivity contribution in [2.75, 3.05) is 0 Å². The number of alkyl halides is 3. The van der Waals surface area contributed by atoms with E-state index in [0.717, 1.165) is 9.13 Å². The van der Waals surface area contributed by atoms with Gasteiger partial charge >= 0.3 is 11.9 Å². The van der Waals surface area contributed by atoms with Gasteiger partial charge in [-0.05, 0) is 30.1 Å². The molecular formula is C22H33F3N4O5Si. The summed E-state index contributed by atoms with van der Waals surface area (Å²) in [5.74, 6) is -1.48. The number of carbonyl (C=O) groups excluding carboxylic acids is 1. The van der Waals surface area contributed by atoms with Crippen LogP contribution >= 0.6 is 0 Å². The Morgan fingerprint density at radius 3 is 2.20 bits per heavy atom. The molecule has 2 aromatic rings. The van der Waals surface area contributed by atoms with E-state index < -0.39 is 66.9 Å². The smallest absolute Gasteiger partial charge is 0.404 e. The van der Waals surface area contributed by atoms with Crippen molar-refractivity contribution in [3.05, 3.63) is 43.5 Å². The number of carbonyl (C=O) groups is 1. The van der Waals surface area contributed by atoms with Gasteiger partial charge in [0.1, 0.15) is 12.1 Å². The van der Waals surface area contributed by atoms with Gasteiger partial charge in [0.15, 0.2) is 14.4 Å². The number of halogens is 3. The van der Waals surface area contributed by atoms with Crippen LogP contribution in [0, 0.1) is 5.92 Å². The van der Waals surface area contributed by atoms with E-state index in [9.17, 15) is 32.3 Å². The Labute approximate surface area is 201 Å². The Kier molecular flexibility index (Phi) is 7.97. The number of aromatic nitrogens is 3. The Hall–Kier alpha value is -2.67. The van der Waals surface area contributed by atoms with Crippen LogP contribution in [0.3, 0.4) is 0 Å². The molecule has 0 aliphatic heterocycles. The Morgan fingerprint density at radius 2 is 1.71 bits per heavy atom. The first-order valence-electron chi connectivity index (χ1n) is 11.1. The minimum atomic E-state index is -4.74. The van der Waals surface area contributed by atoms with Crippen molar-refractivity contribution in [3.63, 3.8) is 0 Å². The molecule has 2 N–H and O–H groups in total. The van der Waals surface area contributed by atoms with E-state index in [2.05, 4.69) is 10.3 Å². The molecule has 0 fully saturated rings. The summed E-state index contributed by atoms with van der Waals surface area (Å²) in [6, 6.07) is -0.138. The van der Waals surface area contributed by atoms with E-state index in [1.54, 1.807) is 26.9 Å². The lowest BCUT2D eigenvalue weighted by atomic mass is 9.98. The summed E-state index contributed by atoms with van der Waals surface area (Å²) in [6.45, 7) is 11.3. The first-order chi connectivity index (χ1) is 15.8. The molecule has 2 atom stereocenters. The highest BCUT2D eigenvalue weighted by Crippen LogP contribution is 2.40. The maximum absolute atomic E-state index is 14.1. The highest BCUT2D eigenvalue weighted by atomic mass is 28.4. The summed E-state index contributed by atoms with van der Waals surface area (Å²) in [4.78, 5) is 51.9. The van der Waals surface area contributed by atoms with Crippen LogP contribution < -0.4 is 22.1 Å². The number of H-pyrrole nitrogens is 1. The maximum Gasteiger partial charge on any atom is 0.415 e. The van der Waals surface area contributed by atoms with Crippen molar-refractivity contribution < 1.29 is 22.4 Å². The van der Waals surface area contributed by atoms with Crippen LogP contribution in [0.4, 0.5) is 13.2 Å². The van der Waals surface area contributed by atoms with Gasteiger partial charge in [0.05, 0.1) is 11.4 Å². The molecule has 2 aromatic heterocycles. The number of pyridine rings is 1. The van der Waals surface area contributed by atoms with Gasteiger partial charge in [0.25, 0.3) is 11.1 Å². The van der Waals surface area contributed by atoms with Gasteiger partial charge in [-0.3, -0.25) is 19.0 Å². The number of hydrogen-bond donors (Lipinski definition) is 2. The van der Waals surface area contributed by atoms with E-state index >= 15 is 0 Å². The van der Waals surface area contributed by atoms with E-state index in [-0.39, 0.29) is 10.9 Å². The summed E-state index contributed by atoms with van der Waals surface area (Å²) in [5.41, 5.74) is -2.60. The molecule has 0 saturated carbocycles. The number of nitrogens with one attached hydrogen (secondary N) is 2. The molecule has 0 aliphatic rings. The summed E-state index contributed by atoms with van der Waals surface area (Å²) in [5, 5.41) is 1.85. The Morgan fingerprint density at radius 1 is 1.14 bits per heavy atom. The Bertz CT molecular complexity index is 1270. The average Bonchev–Trinajstić information content (AvgIpc) is 2.69. The second-order valence-corrected chi connectivity index (χ2v) is 15.3. The quantitative estimate of drug-likeness (QED) is 0.547. The molecule has 196 valence electrons. The second-order valence-electron chi connectivity index (χ2n) is 10.5. The first kappa shape index (κ1) is 28.6. The molecule has 2 rings (SSSR count). The van der Waals surface area contributed by atoms with Crippen molar-refractivity contribution in [1.29, 1.82) is 0 Å². The lowest BCUT2D eigenvalue weighted by Crippen LogP contribution is -2.59. The van der Waals surface area contributed by atoms with E-state index in [1.807, 2.05) is 20.8 Å². The molecule has 0 bridgehead atoms. The third-order valence-corrected chi connectivity index (χ3v) is 10.9. The fraction of sp³-hybridized carbons (Fsp3) is 0.636. The third kappa shape index (κ3) is 6.12. The second kappa shape index (κ2) is 9.76. The monoisotopic (exact) mass is 518 g/mol. The van der Waals surface area contributed by atoms with Crippen molar-refractivity contribution in [2.24, 2.45) is 13.0 Å². The standard InChI is InChI=1S/C22H33F3N4O5Si/c1-12(2)15(17(22(23,24)25)34-35(7,8)21(3,4)5)26-14(30)11-29-10-9-13-16(19(29)32)27-20(33)28(6)18(13)31/h9-10,12,15,17H,11H2,1-8H3,(H,26,30)(H,27,33). The highest BCUT2D eigenvalue weighted by Gasteiger charge is 2.52. The summed E-state index contributed by atoms with van der Waals surface area (Å²) in [7, 11) is -1.61. The van der Waals surface area contributed by atoms with E-state index in [1.165, 1.54) is 19.3 Å². The molecule has 0 radical (unpaired) electrons. The van der Waals surface area contributed by atoms with Gasteiger partial charge in [-0.1, -0.05) is 34.6 Å². The van der Waals surface area contributed by atoms with Crippen LogP contribution in [0.5, 0.6) is 0 Å². The number of fused-ring (bicyclic) bond motifs is 1. The minimum absolute atomic E-state index is 0.0475. The molecule has 2 unspecified atom stereocenters. The molecule has 0 saturated heterocycles. The molecule has 13 heteroatoms. The van der Waals surface area contributed by atoms with Gasteiger partial charge < -0.3 is 19.3 Å². The number of rotatable bonds is 7. The van der Waals surface area contributed by atoms with Crippen molar-refractivity contribution in [1.82, 2.24) is 19.4 Å². The summed E-state index contributed by atoms with van der Waals surface area (Å²) < 4.78 is 49.7. The van der Waals surface area contributed by atoms with Crippen molar-refractivity contribution in [3.8, 4) is 0 Å². The molecule has 0 aromatic carbocycles. The zero-order valence-electron chi connectivity index (χ0n) is 21.2. The summed E-state index contributed by atoms with van der Waals surface area (Å²) >= 11 is 0. The van der Waals surface area contributed by atoms with Gasteiger partial charge in [-0.25, -0.2) is 4.79 Å². The molecule has 35 heavy (non-hydrogen) atoms.